The minimum Gasteiger partial charge on any atom is -0.377 e. The highest BCUT2D eigenvalue weighted by atomic mass is 16.5. The zero-order valence-electron chi connectivity index (χ0n) is 7.85. The molecule has 12 heavy (non-hydrogen) atoms. The molecule has 0 saturated carbocycles. The molecule has 0 aliphatic carbocycles. The van der Waals surface area contributed by atoms with Crippen LogP contribution in [0.2, 0.25) is 0 Å². The predicted molar refractivity (Wildman–Crippen MR) is 47.1 cm³/mol. The Hall–Kier alpha value is -0.410. The molecule has 0 unspecified atom stereocenters. The van der Waals surface area contributed by atoms with Crippen LogP contribution in [0.3, 0.4) is 0 Å². The van der Waals surface area contributed by atoms with E-state index in [-0.39, 0.29) is 17.8 Å². The van der Waals surface area contributed by atoms with Gasteiger partial charge in [-0.25, -0.2) is 0 Å². The van der Waals surface area contributed by atoms with Crippen molar-refractivity contribution in [3.8, 4) is 0 Å². The first-order valence-electron chi connectivity index (χ1n) is 4.42. The number of ether oxygens (including phenoxy) is 1. The van der Waals surface area contributed by atoms with Crippen LogP contribution in [0.15, 0.2) is 0 Å². The molecule has 1 N–H and O–H groups in total. The Balaban J connectivity index is 2.50. The summed E-state index contributed by atoms with van der Waals surface area (Å²) in [6, 6.07) is 0. The Bertz CT molecular complexity index is 162. The first kappa shape index (κ1) is 9.68. The number of piperidine rings is 1. The lowest BCUT2D eigenvalue weighted by atomic mass is 9.77. The van der Waals surface area contributed by atoms with Crippen LogP contribution in [0, 0.1) is 5.41 Å². The Morgan fingerprint density at radius 2 is 2.08 bits per heavy atom. The van der Waals surface area contributed by atoms with Crippen LogP contribution in [0.1, 0.15) is 19.8 Å². The summed E-state index contributed by atoms with van der Waals surface area (Å²) in [6.45, 7) is 4.20. The largest absolute Gasteiger partial charge is 0.377 e. The molecule has 70 valence electrons. The molecule has 1 heterocycles. The standard InChI is InChI=1S/C9H17NO2/c1-9(8(11)7-12-2)3-5-10-6-4-9/h10H,3-7H2,1-2H3. The molecule has 1 saturated heterocycles. The van der Waals surface area contributed by atoms with E-state index in [4.69, 9.17) is 4.74 Å². The summed E-state index contributed by atoms with van der Waals surface area (Å²) in [7, 11) is 1.57. The molecule has 3 nitrogen and oxygen atoms in total. The van der Waals surface area contributed by atoms with Crippen molar-refractivity contribution in [3.63, 3.8) is 0 Å². The lowest BCUT2D eigenvalue weighted by Gasteiger charge is -2.32. The Morgan fingerprint density at radius 1 is 1.50 bits per heavy atom. The smallest absolute Gasteiger partial charge is 0.164 e. The van der Waals surface area contributed by atoms with Gasteiger partial charge in [-0.2, -0.15) is 0 Å². The van der Waals surface area contributed by atoms with Crippen LogP contribution >= 0.6 is 0 Å². The van der Waals surface area contributed by atoms with Crippen LogP contribution in [0.5, 0.6) is 0 Å². The van der Waals surface area contributed by atoms with Gasteiger partial charge < -0.3 is 10.1 Å². The normalized spacial score (nSPS) is 22.2. The summed E-state index contributed by atoms with van der Waals surface area (Å²) in [6.07, 6.45) is 1.88. The van der Waals surface area contributed by atoms with Crippen molar-refractivity contribution in [1.29, 1.82) is 0 Å². The van der Waals surface area contributed by atoms with Gasteiger partial charge >= 0.3 is 0 Å². The monoisotopic (exact) mass is 171 g/mol. The highest BCUT2D eigenvalue weighted by molar-refractivity contribution is 5.85. The van der Waals surface area contributed by atoms with Gasteiger partial charge in [0.15, 0.2) is 5.78 Å². The van der Waals surface area contributed by atoms with E-state index in [1.54, 1.807) is 7.11 Å². The zero-order chi connectivity index (χ0) is 9.03. The molecule has 0 bridgehead atoms. The average Bonchev–Trinajstić information content (AvgIpc) is 2.06. The van der Waals surface area contributed by atoms with E-state index in [0.29, 0.717) is 0 Å². The van der Waals surface area contributed by atoms with E-state index in [2.05, 4.69) is 5.32 Å². The summed E-state index contributed by atoms with van der Waals surface area (Å²) in [4.78, 5) is 11.6. The van der Waals surface area contributed by atoms with E-state index in [9.17, 15) is 4.79 Å². The average molecular weight is 171 g/mol. The molecular formula is C9H17NO2. The fourth-order valence-electron chi connectivity index (χ4n) is 1.56. The van der Waals surface area contributed by atoms with Gasteiger partial charge in [-0.1, -0.05) is 6.92 Å². The molecule has 0 spiro atoms. The van der Waals surface area contributed by atoms with Gasteiger partial charge in [0, 0.05) is 12.5 Å². The van der Waals surface area contributed by atoms with Gasteiger partial charge in [-0.15, -0.1) is 0 Å². The fourth-order valence-corrected chi connectivity index (χ4v) is 1.56. The number of carbonyl (C=O) groups is 1. The van der Waals surface area contributed by atoms with Gasteiger partial charge in [-0.3, -0.25) is 4.79 Å². The van der Waals surface area contributed by atoms with E-state index in [0.717, 1.165) is 25.9 Å². The molecule has 0 atom stereocenters. The van der Waals surface area contributed by atoms with E-state index in [1.807, 2.05) is 6.92 Å². The van der Waals surface area contributed by atoms with Crippen molar-refractivity contribution in [2.24, 2.45) is 5.41 Å². The molecule has 0 radical (unpaired) electrons. The number of hydrogen-bond donors (Lipinski definition) is 1. The van der Waals surface area contributed by atoms with Gasteiger partial charge in [0.1, 0.15) is 6.61 Å². The fraction of sp³-hybridized carbons (Fsp3) is 0.889. The SMILES string of the molecule is COCC(=O)C1(C)CCNCC1. The van der Waals surface area contributed by atoms with E-state index >= 15 is 0 Å². The third-order valence-electron chi connectivity index (χ3n) is 2.66. The molecule has 0 amide bonds. The molecule has 0 aromatic carbocycles. The second kappa shape index (κ2) is 4.01. The van der Waals surface area contributed by atoms with E-state index < -0.39 is 0 Å². The van der Waals surface area contributed by atoms with Crippen molar-refractivity contribution in [2.45, 2.75) is 19.8 Å². The molecule has 1 aliphatic heterocycles. The van der Waals surface area contributed by atoms with Crippen LogP contribution < -0.4 is 5.32 Å². The minimum absolute atomic E-state index is 0.138. The van der Waals surface area contributed by atoms with Crippen molar-refractivity contribution in [3.05, 3.63) is 0 Å². The van der Waals surface area contributed by atoms with Crippen molar-refractivity contribution in [2.75, 3.05) is 26.8 Å². The van der Waals surface area contributed by atoms with Gasteiger partial charge in [0.05, 0.1) is 0 Å². The van der Waals surface area contributed by atoms with Crippen molar-refractivity contribution in [1.82, 2.24) is 5.32 Å². The van der Waals surface area contributed by atoms with Crippen LogP contribution in [0.25, 0.3) is 0 Å². The number of nitrogens with one attached hydrogen (secondary N) is 1. The highest BCUT2D eigenvalue weighted by Gasteiger charge is 2.33. The maximum Gasteiger partial charge on any atom is 0.164 e. The second-order valence-corrected chi connectivity index (χ2v) is 3.67. The number of hydrogen-bond acceptors (Lipinski definition) is 3. The first-order chi connectivity index (χ1) is 5.69. The number of carbonyl (C=O) groups excluding carboxylic acids is 1. The van der Waals surface area contributed by atoms with Crippen LogP contribution in [-0.2, 0) is 9.53 Å². The van der Waals surface area contributed by atoms with Gasteiger partial charge in [0.2, 0.25) is 0 Å². The summed E-state index contributed by atoms with van der Waals surface area (Å²) in [5, 5.41) is 3.24. The Labute approximate surface area is 73.5 Å². The van der Waals surface area contributed by atoms with E-state index in [1.165, 1.54) is 0 Å². The predicted octanol–water partition coefficient (Wildman–Crippen LogP) is 0.592. The number of Topliss-reactive ketones (excluding diaryl/α,β-unsaturated/α-hetero) is 1. The summed E-state index contributed by atoms with van der Waals surface area (Å²) in [5.41, 5.74) is -0.138. The molecular weight excluding hydrogens is 154 g/mol. The molecule has 1 rings (SSSR count). The quantitative estimate of drug-likeness (QED) is 0.675. The summed E-state index contributed by atoms with van der Waals surface area (Å²) in [5.74, 6) is 0.242. The third kappa shape index (κ3) is 2.05. The lowest BCUT2D eigenvalue weighted by molar-refractivity contribution is -0.133. The summed E-state index contributed by atoms with van der Waals surface area (Å²) >= 11 is 0. The number of rotatable bonds is 3. The van der Waals surface area contributed by atoms with Crippen LogP contribution in [0.4, 0.5) is 0 Å². The molecule has 3 heteroatoms. The topological polar surface area (TPSA) is 38.3 Å². The minimum atomic E-state index is -0.138. The summed E-state index contributed by atoms with van der Waals surface area (Å²) < 4.78 is 4.85. The van der Waals surface area contributed by atoms with Crippen LogP contribution in [-0.4, -0.2) is 32.6 Å². The molecule has 1 fully saturated rings. The van der Waals surface area contributed by atoms with Crippen molar-refractivity contribution < 1.29 is 9.53 Å². The molecule has 0 aromatic heterocycles. The number of ketones is 1. The molecule has 1 aliphatic rings. The maximum atomic E-state index is 11.6. The van der Waals surface area contributed by atoms with Gasteiger partial charge in [-0.05, 0) is 25.9 Å². The first-order valence-corrected chi connectivity index (χ1v) is 4.42. The third-order valence-corrected chi connectivity index (χ3v) is 2.66. The maximum absolute atomic E-state index is 11.6. The Kier molecular flexibility index (Phi) is 3.23. The Morgan fingerprint density at radius 3 is 2.58 bits per heavy atom. The lowest BCUT2D eigenvalue weighted by Crippen LogP contribution is -2.41. The number of methoxy groups -OCH3 is 1. The molecule has 0 aromatic rings. The van der Waals surface area contributed by atoms with Gasteiger partial charge in [0.25, 0.3) is 0 Å². The zero-order valence-corrected chi connectivity index (χ0v) is 7.85. The van der Waals surface area contributed by atoms with Crippen molar-refractivity contribution >= 4 is 5.78 Å². The highest BCUT2D eigenvalue weighted by Crippen LogP contribution is 2.28. The second-order valence-electron chi connectivity index (χ2n) is 3.67.